The van der Waals surface area contributed by atoms with Gasteiger partial charge < -0.3 is 10.2 Å². The van der Waals surface area contributed by atoms with E-state index in [-0.39, 0.29) is 24.0 Å². The van der Waals surface area contributed by atoms with Crippen LogP contribution in [0.1, 0.15) is 23.2 Å². The zero-order valence-corrected chi connectivity index (χ0v) is 11.0. The third kappa shape index (κ3) is 2.87. The fourth-order valence-corrected chi connectivity index (χ4v) is 3.65. The van der Waals surface area contributed by atoms with Crippen molar-refractivity contribution in [2.24, 2.45) is 0 Å². The van der Waals surface area contributed by atoms with Crippen LogP contribution in [0.3, 0.4) is 0 Å². The van der Waals surface area contributed by atoms with Gasteiger partial charge in [0.25, 0.3) is 0 Å². The minimum Gasteiger partial charge on any atom is -0.478 e. The number of anilines is 1. The maximum Gasteiger partial charge on any atom is 0.335 e. The lowest BCUT2D eigenvalue weighted by atomic mass is 10.2. The molecule has 0 aromatic heterocycles. The normalized spacial score (nSPS) is 15.2. The molecule has 19 heavy (non-hydrogen) atoms. The van der Waals surface area contributed by atoms with Gasteiger partial charge in [0.1, 0.15) is 0 Å². The van der Waals surface area contributed by atoms with Crippen molar-refractivity contribution in [2.75, 3.05) is 17.5 Å². The molecule has 1 fully saturated rings. The van der Waals surface area contributed by atoms with Gasteiger partial charge in [0.15, 0.2) is 0 Å². The fourth-order valence-electron chi connectivity index (χ4n) is 1.81. The summed E-state index contributed by atoms with van der Waals surface area (Å²) in [6.45, 7) is -0.308. The van der Waals surface area contributed by atoms with Crippen molar-refractivity contribution in [3.8, 4) is 0 Å². The molecule has 7 heteroatoms. The zero-order valence-electron chi connectivity index (χ0n) is 10.2. The lowest BCUT2D eigenvalue weighted by molar-refractivity contribution is 0.0697. The highest BCUT2D eigenvalue weighted by Crippen LogP contribution is 2.33. The van der Waals surface area contributed by atoms with Crippen molar-refractivity contribution in [1.82, 2.24) is 0 Å². The van der Waals surface area contributed by atoms with Crippen molar-refractivity contribution in [2.45, 2.75) is 18.1 Å². The molecule has 0 atom stereocenters. The van der Waals surface area contributed by atoms with E-state index in [1.807, 2.05) is 0 Å². The molecule has 1 aromatic carbocycles. The van der Waals surface area contributed by atoms with Crippen LogP contribution in [0.5, 0.6) is 0 Å². The summed E-state index contributed by atoms with van der Waals surface area (Å²) in [6, 6.07) is 5.59. The first-order valence-corrected chi connectivity index (χ1v) is 7.43. The summed E-state index contributed by atoms with van der Waals surface area (Å²) in [5.74, 6) is -1.06. The van der Waals surface area contributed by atoms with Crippen LogP contribution in [-0.4, -0.2) is 43.0 Å². The molecule has 1 saturated carbocycles. The van der Waals surface area contributed by atoms with Gasteiger partial charge in [-0.3, -0.25) is 4.31 Å². The number of hydrogen-bond acceptors (Lipinski definition) is 4. The smallest absolute Gasteiger partial charge is 0.335 e. The molecule has 0 amide bonds. The van der Waals surface area contributed by atoms with E-state index < -0.39 is 16.0 Å². The Balaban J connectivity index is 2.31. The molecule has 0 heterocycles. The lowest BCUT2D eigenvalue weighted by Gasteiger charge is -2.23. The average Bonchev–Trinajstić information content (AvgIpc) is 3.20. The Morgan fingerprint density at radius 1 is 1.26 bits per heavy atom. The first kappa shape index (κ1) is 13.8. The summed E-state index contributed by atoms with van der Waals surface area (Å²) in [7, 11) is -3.45. The predicted octanol–water partition coefficient (Wildman–Crippen LogP) is 0.676. The first-order chi connectivity index (χ1) is 8.96. The second kappa shape index (κ2) is 5.18. The van der Waals surface area contributed by atoms with E-state index in [1.54, 1.807) is 0 Å². The van der Waals surface area contributed by atoms with Crippen LogP contribution in [0.15, 0.2) is 24.3 Å². The van der Waals surface area contributed by atoms with Gasteiger partial charge in [0, 0.05) is 0 Å². The Morgan fingerprint density at radius 2 is 1.84 bits per heavy atom. The molecule has 1 aromatic rings. The summed E-state index contributed by atoms with van der Waals surface area (Å²) in [5.41, 5.74) is 0.475. The fraction of sp³-hybridized carbons (Fsp3) is 0.417. The van der Waals surface area contributed by atoms with E-state index >= 15 is 0 Å². The summed E-state index contributed by atoms with van der Waals surface area (Å²) < 4.78 is 25.6. The number of benzene rings is 1. The highest BCUT2D eigenvalue weighted by atomic mass is 32.2. The highest BCUT2D eigenvalue weighted by Gasteiger charge is 2.40. The Hall–Kier alpha value is -1.60. The molecule has 0 bridgehead atoms. The van der Waals surface area contributed by atoms with Crippen molar-refractivity contribution >= 4 is 21.7 Å². The number of carbonyl (C=O) groups is 1. The molecule has 0 radical (unpaired) electrons. The minimum absolute atomic E-state index is 0.0226. The number of aromatic carboxylic acids is 1. The van der Waals surface area contributed by atoms with E-state index in [1.165, 1.54) is 24.3 Å². The molecule has 1 aliphatic rings. The van der Waals surface area contributed by atoms with Crippen molar-refractivity contribution in [1.29, 1.82) is 0 Å². The van der Waals surface area contributed by atoms with Crippen LogP contribution in [0, 0.1) is 0 Å². The first-order valence-electron chi connectivity index (χ1n) is 5.92. The molecular weight excluding hydrogens is 270 g/mol. The molecule has 2 rings (SSSR count). The SMILES string of the molecule is O=C(O)c1ccc(N(CCO)S(=O)(=O)C2CC2)cc1. The molecule has 6 nitrogen and oxygen atoms in total. The molecule has 0 saturated heterocycles. The van der Waals surface area contributed by atoms with Gasteiger partial charge in [-0.1, -0.05) is 0 Å². The van der Waals surface area contributed by atoms with Gasteiger partial charge in [-0.25, -0.2) is 13.2 Å². The molecular formula is C12H15NO5S. The Labute approximate surface area is 111 Å². The maximum atomic E-state index is 12.2. The molecule has 104 valence electrons. The molecule has 1 aliphatic carbocycles. The summed E-state index contributed by atoms with van der Waals surface area (Å²) in [5, 5.41) is 17.4. The standard InChI is InChI=1S/C12H15NO5S/c14-8-7-13(19(17,18)11-5-6-11)10-3-1-9(2-4-10)12(15)16/h1-4,11,14H,5-8H2,(H,15,16). The monoisotopic (exact) mass is 285 g/mol. The number of sulfonamides is 1. The number of carboxylic acids is 1. The maximum absolute atomic E-state index is 12.2. The second-order valence-corrected chi connectivity index (χ2v) is 6.53. The zero-order chi connectivity index (χ0) is 14.0. The Kier molecular flexibility index (Phi) is 3.77. The quantitative estimate of drug-likeness (QED) is 0.801. The lowest BCUT2D eigenvalue weighted by Crippen LogP contribution is -2.36. The average molecular weight is 285 g/mol. The number of aliphatic hydroxyl groups is 1. The van der Waals surface area contributed by atoms with Gasteiger partial charge in [0.2, 0.25) is 10.0 Å². The second-order valence-electron chi connectivity index (χ2n) is 4.39. The van der Waals surface area contributed by atoms with Gasteiger partial charge in [0.05, 0.1) is 29.7 Å². The topological polar surface area (TPSA) is 94.9 Å². The Bertz CT molecular complexity index is 562. The van der Waals surface area contributed by atoms with Gasteiger partial charge in [-0.05, 0) is 37.1 Å². The number of rotatable bonds is 6. The summed E-state index contributed by atoms with van der Waals surface area (Å²) in [6.07, 6.45) is 1.27. The van der Waals surface area contributed by atoms with E-state index in [0.29, 0.717) is 18.5 Å². The summed E-state index contributed by atoms with van der Waals surface area (Å²) >= 11 is 0. The van der Waals surface area contributed by atoms with Crippen LogP contribution in [0.25, 0.3) is 0 Å². The van der Waals surface area contributed by atoms with Crippen molar-refractivity contribution < 1.29 is 23.4 Å². The van der Waals surface area contributed by atoms with Gasteiger partial charge in [-0.2, -0.15) is 0 Å². The predicted molar refractivity (Wildman–Crippen MR) is 69.8 cm³/mol. The van der Waals surface area contributed by atoms with Crippen LogP contribution in [0.4, 0.5) is 5.69 Å². The molecule has 0 spiro atoms. The van der Waals surface area contributed by atoms with Crippen LogP contribution < -0.4 is 4.31 Å². The van der Waals surface area contributed by atoms with Gasteiger partial charge >= 0.3 is 5.97 Å². The number of carboxylic acid groups (broad SMARTS) is 1. The van der Waals surface area contributed by atoms with Crippen molar-refractivity contribution in [3.05, 3.63) is 29.8 Å². The molecule has 2 N–H and O–H groups in total. The number of aliphatic hydroxyl groups excluding tert-OH is 1. The van der Waals surface area contributed by atoms with Crippen molar-refractivity contribution in [3.63, 3.8) is 0 Å². The van der Waals surface area contributed by atoms with Gasteiger partial charge in [-0.15, -0.1) is 0 Å². The highest BCUT2D eigenvalue weighted by molar-refractivity contribution is 7.93. The van der Waals surface area contributed by atoms with E-state index in [4.69, 9.17) is 10.2 Å². The van der Waals surface area contributed by atoms with E-state index in [9.17, 15) is 13.2 Å². The minimum atomic E-state index is -3.45. The summed E-state index contributed by atoms with van der Waals surface area (Å²) in [4.78, 5) is 10.8. The van der Waals surface area contributed by atoms with Crippen LogP contribution >= 0.6 is 0 Å². The van der Waals surface area contributed by atoms with E-state index in [2.05, 4.69) is 0 Å². The number of nitrogens with zero attached hydrogens (tertiary/aromatic N) is 1. The number of hydrogen-bond donors (Lipinski definition) is 2. The third-order valence-electron chi connectivity index (χ3n) is 2.96. The third-order valence-corrected chi connectivity index (χ3v) is 5.28. The molecule has 0 unspecified atom stereocenters. The van der Waals surface area contributed by atoms with E-state index in [0.717, 1.165) is 4.31 Å². The van der Waals surface area contributed by atoms with Crippen LogP contribution in [0.2, 0.25) is 0 Å². The van der Waals surface area contributed by atoms with Crippen LogP contribution in [-0.2, 0) is 10.0 Å². The Morgan fingerprint density at radius 3 is 2.26 bits per heavy atom. The largest absolute Gasteiger partial charge is 0.478 e. The molecule has 0 aliphatic heterocycles.